The first-order chi connectivity index (χ1) is 11.7. The van der Waals surface area contributed by atoms with E-state index in [1.165, 1.54) is 5.56 Å². The summed E-state index contributed by atoms with van der Waals surface area (Å²) in [6.07, 6.45) is 3.91. The number of benzene rings is 2. The zero-order chi connectivity index (χ0) is 17.2. The van der Waals surface area contributed by atoms with Crippen LogP contribution in [0.25, 0.3) is 0 Å². The average Bonchev–Trinajstić information content (AvgIpc) is 2.65. The molecule has 0 fully saturated rings. The van der Waals surface area contributed by atoms with Gasteiger partial charge in [-0.2, -0.15) is 0 Å². The summed E-state index contributed by atoms with van der Waals surface area (Å²) in [6, 6.07) is 18.9. The Morgan fingerprint density at radius 1 is 0.917 bits per heavy atom. The number of hydrogen-bond donors (Lipinski definition) is 0. The summed E-state index contributed by atoms with van der Waals surface area (Å²) in [6.45, 7) is 2.44. The fraction of sp³-hybridized carbons (Fsp3) is 0.333. The summed E-state index contributed by atoms with van der Waals surface area (Å²) in [5, 5.41) is 0. The zero-order valence-corrected chi connectivity index (χ0v) is 14.1. The third kappa shape index (κ3) is 5.65. The van der Waals surface area contributed by atoms with E-state index in [0.717, 1.165) is 25.7 Å². The van der Waals surface area contributed by atoms with Gasteiger partial charge in [0.1, 0.15) is 0 Å². The van der Waals surface area contributed by atoms with E-state index in [-0.39, 0.29) is 0 Å². The van der Waals surface area contributed by atoms with E-state index in [1.54, 1.807) is 30.3 Å². The van der Waals surface area contributed by atoms with Gasteiger partial charge in [0, 0.05) is 5.56 Å². The van der Waals surface area contributed by atoms with Gasteiger partial charge in [0.05, 0.1) is 6.61 Å². The molecule has 0 bridgehead atoms. The maximum atomic E-state index is 11.9. The maximum Gasteiger partial charge on any atom is 0.379 e. The Morgan fingerprint density at radius 2 is 1.54 bits per heavy atom. The first-order valence-corrected chi connectivity index (χ1v) is 8.51. The van der Waals surface area contributed by atoms with Crippen LogP contribution in [-0.2, 0) is 16.0 Å². The molecule has 0 aliphatic carbocycles. The molecule has 0 aromatic heterocycles. The molecule has 0 aliphatic rings. The maximum absolute atomic E-state index is 11.9. The van der Waals surface area contributed by atoms with Gasteiger partial charge in [-0.1, -0.05) is 74.0 Å². The minimum Gasteiger partial charge on any atom is -0.460 e. The third-order valence-electron chi connectivity index (χ3n) is 4.24. The van der Waals surface area contributed by atoms with Crippen molar-refractivity contribution in [1.82, 2.24) is 0 Å². The molecule has 2 rings (SSSR count). The quantitative estimate of drug-likeness (QED) is 0.388. The number of hydrogen-bond acceptors (Lipinski definition) is 3. The highest BCUT2D eigenvalue weighted by molar-refractivity contribution is 6.40. The van der Waals surface area contributed by atoms with Gasteiger partial charge in [0.15, 0.2) is 0 Å². The molecule has 3 heteroatoms. The number of ketones is 1. The van der Waals surface area contributed by atoms with Gasteiger partial charge in [-0.15, -0.1) is 0 Å². The molecule has 0 spiro atoms. The van der Waals surface area contributed by atoms with E-state index < -0.39 is 11.8 Å². The van der Waals surface area contributed by atoms with Gasteiger partial charge in [0.2, 0.25) is 0 Å². The highest BCUT2D eigenvalue weighted by Gasteiger charge is 2.18. The minimum atomic E-state index is -0.765. The van der Waals surface area contributed by atoms with Crippen LogP contribution in [0.1, 0.15) is 42.1 Å². The highest BCUT2D eigenvalue weighted by atomic mass is 16.5. The zero-order valence-electron chi connectivity index (χ0n) is 14.1. The van der Waals surface area contributed by atoms with Crippen LogP contribution in [-0.4, -0.2) is 18.4 Å². The molecule has 2 aromatic rings. The largest absolute Gasteiger partial charge is 0.460 e. The van der Waals surface area contributed by atoms with Crippen LogP contribution in [0.15, 0.2) is 60.7 Å². The molecule has 1 unspecified atom stereocenters. The van der Waals surface area contributed by atoms with Crippen molar-refractivity contribution in [2.75, 3.05) is 6.61 Å². The monoisotopic (exact) mass is 324 g/mol. The second kappa shape index (κ2) is 9.66. The number of aryl methyl sites for hydroxylation is 1. The molecule has 0 radical (unpaired) electrons. The smallest absolute Gasteiger partial charge is 0.379 e. The predicted octanol–water partition coefficient (Wildman–Crippen LogP) is 4.46. The van der Waals surface area contributed by atoms with Gasteiger partial charge in [-0.25, -0.2) is 4.79 Å². The number of esters is 1. The van der Waals surface area contributed by atoms with E-state index in [9.17, 15) is 9.59 Å². The number of rotatable bonds is 9. The molecule has 0 N–H and O–H groups in total. The summed E-state index contributed by atoms with van der Waals surface area (Å²) in [7, 11) is 0. The Morgan fingerprint density at radius 3 is 2.17 bits per heavy atom. The van der Waals surface area contributed by atoms with Crippen molar-refractivity contribution in [2.45, 2.75) is 32.6 Å². The van der Waals surface area contributed by atoms with Crippen LogP contribution < -0.4 is 0 Å². The van der Waals surface area contributed by atoms with Gasteiger partial charge in [-0.3, -0.25) is 4.79 Å². The Balaban J connectivity index is 1.73. The van der Waals surface area contributed by atoms with Gasteiger partial charge in [0.25, 0.3) is 5.78 Å². The molecule has 0 heterocycles. The SMILES string of the molecule is CCC(CCOC(=O)C(=O)c1ccccc1)CCc1ccccc1. The lowest BCUT2D eigenvalue weighted by molar-refractivity contribution is -0.138. The minimum absolute atomic E-state index is 0.296. The molecule has 3 nitrogen and oxygen atoms in total. The molecule has 0 aliphatic heterocycles. The molecular weight excluding hydrogens is 300 g/mol. The fourth-order valence-electron chi connectivity index (χ4n) is 2.66. The summed E-state index contributed by atoms with van der Waals surface area (Å²) >= 11 is 0. The van der Waals surface area contributed by atoms with E-state index in [0.29, 0.717) is 18.1 Å². The van der Waals surface area contributed by atoms with Crippen molar-refractivity contribution in [1.29, 1.82) is 0 Å². The van der Waals surface area contributed by atoms with Crippen LogP contribution >= 0.6 is 0 Å². The van der Waals surface area contributed by atoms with Crippen molar-refractivity contribution in [3.05, 3.63) is 71.8 Å². The Hall–Kier alpha value is -2.42. The number of carbonyl (C=O) groups is 2. The molecular formula is C21H24O3. The molecule has 0 amide bonds. The van der Waals surface area contributed by atoms with Crippen LogP contribution in [0.4, 0.5) is 0 Å². The highest BCUT2D eigenvalue weighted by Crippen LogP contribution is 2.17. The van der Waals surface area contributed by atoms with Crippen molar-refractivity contribution in [3.8, 4) is 0 Å². The van der Waals surface area contributed by atoms with Crippen molar-refractivity contribution in [3.63, 3.8) is 0 Å². The average molecular weight is 324 g/mol. The van der Waals surface area contributed by atoms with Crippen LogP contribution in [0.2, 0.25) is 0 Å². The van der Waals surface area contributed by atoms with E-state index in [2.05, 4.69) is 19.1 Å². The van der Waals surface area contributed by atoms with E-state index in [1.807, 2.05) is 18.2 Å². The Kier molecular flexibility index (Phi) is 7.21. The molecule has 24 heavy (non-hydrogen) atoms. The first kappa shape index (κ1) is 17.9. The summed E-state index contributed by atoms with van der Waals surface area (Å²) in [5.41, 5.74) is 1.70. The van der Waals surface area contributed by atoms with Crippen LogP contribution in [0.5, 0.6) is 0 Å². The Bertz CT molecular complexity index is 635. The second-order valence-corrected chi connectivity index (χ2v) is 5.92. The lowest BCUT2D eigenvalue weighted by atomic mass is 9.94. The molecule has 0 saturated heterocycles. The van der Waals surface area contributed by atoms with Crippen LogP contribution in [0.3, 0.4) is 0 Å². The molecule has 2 aromatic carbocycles. The summed E-state index contributed by atoms with van der Waals surface area (Å²) in [5.74, 6) is -0.850. The van der Waals surface area contributed by atoms with Gasteiger partial charge < -0.3 is 4.74 Å². The normalized spacial score (nSPS) is 11.7. The molecule has 0 saturated carbocycles. The second-order valence-electron chi connectivity index (χ2n) is 5.92. The lowest BCUT2D eigenvalue weighted by Gasteiger charge is -2.14. The number of carbonyl (C=O) groups excluding carboxylic acids is 2. The lowest BCUT2D eigenvalue weighted by Crippen LogP contribution is -2.19. The van der Waals surface area contributed by atoms with Crippen molar-refractivity contribution in [2.24, 2.45) is 5.92 Å². The van der Waals surface area contributed by atoms with E-state index >= 15 is 0 Å². The van der Waals surface area contributed by atoms with Gasteiger partial charge >= 0.3 is 5.97 Å². The number of ether oxygens (including phenoxy) is 1. The molecule has 126 valence electrons. The van der Waals surface area contributed by atoms with Crippen LogP contribution in [0, 0.1) is 5.92 Å². The predicted molar refractivity (Wildman–Crippen MR) is 94.9 cm³/mol. The number of Topliss-reactive ketones (excluding diaryl/α,β-unsaturated/α-hetero) is 1. The van der Waals surface area contributed by atoms with E-state index in [4.69, 9.17) is 4.74 Å². The van der Waals surface area contributed by atoms with Gasteiger partial charge in [-0.05, 0) is 30.7 Å². The standard InChI is InChI=1S/C21H24O3/c1-2-17(13-14-18-9-5-3-6-10-18)15-16-24-21(23)20(22)19-11-7-4-8-12-19/h3-12,17H,2,13-16H2,1H3. The Labute approximate surface area is 143 Å². The third-order valence-corrected chi connectivity index (χ3v) is 4.24. The van der Waals surface area contributed by atoms with Crippen molar-refractivity contribution >= 4 is 11.8 Å². The topological polar surface area (TPSA) is 43.4 Å². The first-order valence-electron chi connectivity index (χ1n) is 8.51. The van der Waals surface area contributed by atoms with Crippen molar-refractivity contribution < 1.29 is 14.3 Å². The fourth-order valence-corrected chi connectivity index (χ4v) is 2.66. The summed E-state index contributed by atoms with van der Waals surface area (Å²) in [4.78, 5) is 23.7. The molecule has 1 atom stereocenters. The summed E-state index contributed by atoms with van der Waals surface area (Å²) < 4.78 is 5.15.